The Kier molecular flexibility index (Phi) is 4.60. The minimum atomic E-state index is 0.395. The minimum absolute atomic E-state index is 0.395. The summed E-state index contributed by atoms with van der Waals surface area (Å²) in [6.45, 7) is 4.29. The van der Waals surface area contributed by atoms with E-state index in [0.717, 1.165) is 17.9 Å². The normalized spacial score (nSPS) is 20.1. The van der Waals surface area contributed by atoms with E-state index >= 15 is 0 Å². The number of aryl methyl sites for hydroxylation is 1. The summed E-state index contributed by atoms with van der Waals surface area (Å²) < 4.78 is 0. The Morgan fingerprint density at radius 1 is 1.35 bits per heavy atom. The van der Waals surface area contributed by atoms with Crippen LogP contribution in [0.1, 0.15) is 69.4 Å². The molecule has 1 aromatic rings. The molecule has 1 aliphatic carbocycles. The molecule has 96 valence electrons. The molecular formula is C14H25N3. The van der Waals surface area contributed by atoms with Crippen LogP contribution in [0.2, 0.25) is 0 Å². The van der Waals surface area contributed by atoms with Crippen LogP contribution in [0, 0.1) is 6.92 Å². The van der Waals surface area contributed by atoms with Crippen LogP contribution in [-0.4, -0.2) is 16.0 Å². The lowest BCUT2D eigenvalue weighted by atomic mass is 10.1. The molecule has 1 fully saturated rings. The van der Waals surface area contributed by atoms with E-state index in [-0.39, 0.29) is 0 Å². The second kappa shape index (κ2) is 6.20. The third kappa shape index (κ3) is 3.56. The van der Waals surface area contributed by atoms with Crippen molar-refractivity contribution in [2.45, 2.75) is 70.9 Å². The van der Waals surface area contributed by atoms with Crippen LogP contribution in [0.5, 0.6) is 0 Å². The molecule has 3 nitrogen and oxygen atoms in total. The van der Waals surface area contributed by atoms with Crippen LogP contribution in [0.25, 0.3) is 0 Å². The van der Waals surface area contributed by atoms with Crippen LogP contribution in [0.4, 0.5) is 0 Å². The minimum Gasteiger partial charge on any atom is -0.345 e. The standard InChI is InChI=1S/C14H25N3/c1-3-13(14-15-10-11(2)16-14)17-12-8-6-4-5-7-9-12/h10,12-13,17H,3-9H2,1-2H3,(H,15,16). The quantitative estimate of drug-likeness (QED) is 0.784. The largest absolute Gasteiger partial charge is 0.345 e. The van der Waals surface area contributed by atoms with Crippen LogP contribution >= 0.6 is 0 Å². The molecule has 1 aromatic heterocycles. The highest BCUT2D eigenvalue weighted by atomic mass is 15.0. The maximum Gasteiger partial charge on any atom is 0.123 e. The summed E-state index contributed by atoms with van der Waals surface area (Å²) in [5.74, 6) is 1.11. The first-order valence-electron chi connectivity index (χ1n) is 7.07. The van der Waals surface area contributed by atoms with Crippen molar-refractivity contribution < 1.29 is 0 Å². The highest BCUT2D eigenvalue weighted by molar-refractivity contribution is 5.03. The van der Waals surface area contributed by atoms with E-state index in [4.69, 9.17) is 0 Å². The maximum atomic E-state index is 4.46. The van der Waals surface area contributed by atoms with Gasteiger partial charge in [0.1, 0.15) is 5.82 Å². The fourth-order valence-corrected chi connectivity index (χ4v) is 2.73. The van der Waals surface area contributed by atoms with Crippen LogP contribution in [0.3, 0.4) is 0 Å². The van der Waals surface area contributed by atoms with Gasteiger partial charge < -0.3 is 10.3 Å². The van der Waals surface area contributed by atoms with E-state index in [0.29, 0.717) is 12.1 Å². The van der Waals surface area contributed by atoms with Crippen molar-refractivity contribution in [3.63, 3.8) is 0 Å². The number of rotatable bonds is 4. The molecule has 0 amide bonds. The van der Waals surface area contributed by atoms with Gasteiger partial charge in [-0.15, -0.1) is 0 Å². The van der Waals surface area contributed by atoms with E-state index in [9.17, 15) is 0 Å². The van der Waals surface area contributed by atoms with Gasteiger partial charge in [-0.3, -0.25) is 0 Å². The lowest BCUT2D eigenvalue weighted by molar-refractivity contribution is 0.382. The molecule has 2 rings (SSSR count). The number of hydrogen-bond donors (Lipinski definition) is 2. The second-order valence-electron chi connectivity index (χ2n) is 5.27. The first-order chi connectivity index (χ1) is 8.29. The van der Waals surface area contributed by atoms with Gasteiger partial charge in [-0.05, 0) is 26.2 Å². The highest BCUT2D eigenvalue weighted by Crippen LogP contribution is 2.21. The summed E-state index contributed by atoms with van der Waals surface area (Å²) in [6.07, 6.45) is 11.3. The fraction of sp³-hybridized carbons (Fsp3) is 0.786. The van der Waals surface area contributed by atoms with Crippen LogP contribution in [-0.2, 0) is 0 Å². The molecule has 1 atom stereocenters. The van der Waals surface area contributed by atoms with E-state index in [2.05, 4.69) is 29.1 Å². The Balaban J connectivity index is 1.94. The summed E-state index contributed by atoms with van der Waals surface area (Å²) in [5, 5.41) is 3.78. The Morgan fingerprint density at radius 2 is 2.06 bits per heavy atom. The zero-order chi connectivity index (χ0) is 12.1. The maximum absolute atomic E-state index is 4.46. The summed E-state index contributed by atoms with van der Waals surface area (Å²) in [4.78, 5) is 7.82. The number of nitrogens with one attached hydrogen (secondary N) is 2. The molecule has 2 N–H and O–H groups in total. The van der Waals surface area contributed by atoms with Gasteiger partial charge in [0, 0.05) is 17.9 Å². The van der Waals surface area contributed by atoms with Crippen molar-refractivity contribution in [2.24, 2.45) is 0 Å². The van der Waals surface area contributed by atoms with Gasteiger partial charge in [0.25, 0.3) is 0 Å². The first-order valence-corrected chi connectivity index (χ1v) is 7.07. The molecule has 1 aliphatic rings. The zero-order valence-corrected chi connectivity index (χ0v) is 11.1. The summed E-state index contributed by atoms with van der Waals surface area (Å²) in [5.41, 5.74) is 1.15. The fourth-order valence-electron chi connectivity index (χ4n) is 2.73. The first kappa shape index (κ1) is 12.6. The molecule has 0 saturated heterocycles. The van der Waals surface area contributed by atoms with Crippen molar-refractivity contribution >= 4 is 0 Å². The van der Waals surface area contributed by atoms with Gasteiger partial charge >= 0.3 is 0 Å². The van der Waals surface area contributed by atoms with Gasteiger partial charge in [0.2, 0.25) is 0 Å². The Bertz CT molecular complexity index is 324. The van der Waals surface area contributed by atoms with E-state index in [1.54, 1.807) is 0 Å². The molecular weight excluding hydrogens is 210 g/mol. The molecule has 0 bridgehead atoms. The Hall–Kier alpha value is -0.830. The average molecular weight is 235 g/mol. The smallest absolute Gasteiger partial charge is 0.123 e. The van der Waals surface area contributed by atoms with Gasteiger partial charge in [0.05, 0.1) is 6.04 Å². The monoisotopic (exact) mass is 235 g/mol. The van der Waals surface area contributed by atoms with Crippen molar-refractivity contribution in [3.8, 4) is 0 Å². The number of nitrogens with zero attached hydrogens (tertiary/aromatic N) is 1. The highest BCUT2D eigenvalue weighted by Gasteiger charge is 2.18. The number of hydrogen-bond acceptors (Lipinski definition) is 2. The number of aromatic nitrogens is 2. The molecule has 17 heavy (non-hydrogen) atoms. The molecule has 1 unspecified atom stereocenters. The number of H-pyrrole nitrogens is 1. The third-order valence-electron chi connectivity index (χ3n) is 3.75. The molecule has 3 heteroatoms. The van der Waals surface area contributed by atoms with Crippen LogP contribution in [0.15, 0.2) is 6.20 Å². The summed E-state index contributed by atoms with van der Waals surface area (Å²) in [7, 11) is 0. The predicted molar refractivity (Wildman–Crippen MR) is 71.0 cm³/mol. The van der Waals surface area contributed by atoms with Crippen molar-refractivity contribution in [1.82, 2.24) is 15.3 Å². The molecule has 0 aromatic carbocycles. The molecule has 0 spiro atoms. The number of imidazole rings is 1. The Labute approximate surface area is 104 Å². The van der Waals surface area contributed by atoms with Gasteiger partial charge in [-0.25, -0.2) is 4.98 Å². The predicted octanol–water partition coefficient (Wildman–Crippen LogP) is 3.48. The summed E-state index contributed by atoms with van der Waals surface area (Å²) in [6, 6.07) is 1.08. The molecule has 1 saturated carbocycles. The lowest BCUT2D eigenvalue weighted by Gasteiger charge is -2.22. The summed E-state index contributed by atoms with van der Waals surface area (Å²) >= 11 is 0. The SMILES string of the molecule is CCC(NC1CCCCCC1)c1ncc(C)[nH]1. The van der Waals surface area contributed by atoms with Crippen molar-refractivity contribution in [3.05, 3.63) is 17.7 Å². The van der Waals surface area contributed by atoms with Gasteiger partial charge in [0.15, 0.2) is 0 Å². The molecule has 1 heterocycles. The molecule has 0 radical (unpaired) electrons. The topological polar surface area (TPSA) is 40.7 Å². The van der Waals surface area contributed by atoms with Gasteiger partial charge in [-0.1, -0.05) is 32.6 Å². The van der Waals surface area contributed by atoms with Crippen molar-refractivity contribution in [2.75, 3.05) is 0 Å². The third-order valence-corrected chi connectivity index (χ3v) is 3.75. The lowest BCUT2D eigenvalue weighted by Crippen LogP contribution is -2.32. The van der Waals surface area contributed by atoms with Crippen molar-refractivity contribution in [1.29, 1.82) is 0 Å². The number of aromatic amines is 1. The van der Waals surface area contributed by atoms with E-state index in [1.807, 2.05) is 6.20 Å². The average Bonchev–Trinajstić information content (AvgIpc) is 2.62. The van der Waals surface area contributed by atoms with E-state index in [1.165, 1.54) is 38.5 Å². The molecule has 0 aliphatic heterocycles. The van der Waals surface area contributed by atoms with Crippen LogP contribution < -0.4 is 5.32 Å². The van der Waals surface area contributed by atoms with E-state index < -0.39 is 0 Å². The second-order valence-corrected chi connectivity index (χ2v) is 5.27. The zero-order valence-electron chi connectivity index (χ0n) is 11.1. The van der Waals surface area contributed by atoms with Gasteiger partial charge in [-0.2, -0.15) is 0 Å². The Morgan fingerprint density at radius 3 is 2.59 bits per heavy atom.